The summed E-state index contributed by atoms with van der Waals surface area (Å²) in [6.45, 7) is 13.7. The summed E-state index contributed by atoms with van der Waals surface area (Å²) in [5, 5.41) is 2.85. The van der Waals surface area contributed by atoms with E-state index in [0.717, 1.165) is 25.2 Å². The Morgan fingerprint density at radius 2 is 2.37 bits per heavy atom. The number of allylic oxidation sites excluding steroid dienone is 1. The van der Waals surface area contributed by atoms with E-state index in [1.165, 1.54) is 0 Å². The van der Waals surface area contributed by atoms with E-state index < -0.39 is 5.79 Å². The van der Waals surface area contributed by atoms with Gasteiger partial charge in [0.15, 0.2) is 11.6 Å². The number of anilines is 1. The lowest BCUT2D eigenvalue weighted by Gasteiger charge is -2.35. The normalized spacial score (nSPS) is 24.7. The average Bonchev–Trinajstić information content (AvgIpc) is 3.29. The van der Waals surface area contributed by atoms with Gasteiger partial charge in [0.25, 0.3) is 0 Å². The number of fused-ring (bicyclic) bond motifs is 2. The number of amides is 2. The predicted molar refractivity (Wildman–Crippen MR) is 112 cm³/mol. The Kier molecular flexibility index (Phi) is 5.48. The number of aromatic nitrogens is 1. The second-order valence-corrected chi connectivity index (χ2v) is 7.90. The standard InChI is InChI=1S/C21H27N5O4/c1-5-17-19(22-4)26(14-7-9-25(17)11-14)20(27)24-18-10-15(6-8-23-18)28-12-16-13-29-21(2,3)30-16/h5-6,8,10,14,16H,1,4,7,9,11-13H2,2-3H3,(H,23,24,27)/t14?,16-/m0/s1. The van der Waals surface area contributed by atoms with Crippen LogP contribution in [0.15, 0.2) is 47.5 Å². The molecule has 2 saturated heterocycles. The number of nitrogens with one attached hydrogen (secondary N) is 1. The van der Waals surface area contributed by atoms with Crippen molar-refractivity contribution in [1.29, 1.82) is 0 Å². The Hall–Kier alpha value is -2.91. The smallest absolute Gasteiger partial charge is 0.329 e. The van der Waals surface area contributed by atoms with Gasteiger partial charge in [-0.1, -0.05) is 6.58 Å². The summed E-state index contributed by atoms with van der Waals surface area (Å²) in [6.07, 6.45) is 4.02. The van der Waals surface area contributed by atoms with Gasteiger partial charge in [0.1, 0.15) is 24.3 Å². The number of carbonyl (C=O) groups excluding carboxylic acids is 1. The molecule has 3 aliphatic heterocycles. The minimum atomic E-state index is -0.593. The van der Waals surface area contributed by atoms with Crippen LogP contribution in [0.25, 0.3) is 0 Å². The molecule has 0 radical (unpaired) electrons. The van der Waals surface area contributed by atoms with Crippen LogP contribution < -0.4 is 10.1 Å². The van der Waals surface area contributed by atoms with E-state index in [2.05, 4.69) is 33.5 Å². The minimum absolute atomic E-state index is 0.0384. The molecule has 0 aromatic carbocycles. The van der Waals surface area contributed by atoms with Crippen molar-refractivity contribution in [3.8, 4) is 5.75 Å². The first-order valence-electron chi connectivity index (χ1n) is 9.99. The Morgan fingerprint density at radius 3 is 3.07 bits per heavy atom. The molecule has 0 saturated carbocycles. The van der Waals surface area contributed by atoms with Crippen molar-refractivity contribution < 1.29 is 19.0 Å². The van der Waals surface area contributed by atoms with E-state index in [-0.39, 0.29) is 18.2 Å². The zero-order valence-corrected chi connectivity index (χ0v) is 17.3. The molecule has 2 bridgehead atoms. The molecule has 2 atom stereocenters. The number of carbonyl (C=O) groups is 1. The monoisotopic (exact) mass is 413 g/mol. The highest BCUT2D eigenvalue weighted by atomic mass is 16.7. The van der Waals surface area contributed by atoms with Crippen LogP contribution in [-0.4, -0.2) is 71.8 Å². The number of hydrogen-bond donors (Lipinski definition) is 1. The fraction of sp³-hybridized carbons (Fsp3) is 0.476. The van der Waals surface area contributed by atoms with Crippen LogP contribution in [-0.2, 0) is 9.47 Å². The number of urea groups is 1. The molecule has 3 aliphatic rings. The summed E-state index contributed by atoms with van der Waals surface area (Å²) < 4.78 is 17.1. The predicted octanol–water partition coefficient (Wildman–Crippen LogP) is 2.59. The number of nitrogens with zero attached hydrogens (tertiary/aromatic N) is 4. The van der Waals surface area contributed by atoms with Crippen LogP contribution in [0.1, 0.15) is 20.3 Å². The molecule has 30 heavy (non-hydrogen) atoms. The molecule has 1 aromatic rings. The largest absolute Gasteiger partial charge is 0.491 e. The SMILES string of the molecule is C=CC1=C(N=C)N(C(=O)Nc2cc(OC[C@H]3COC(C)(C)O3)ccn2)C2CCN1C2. The number of aliphatic imine (C=N–C) groups is 1. The van der Waals surface area contributed by atoms with Gasteiger partial charge < -0.3 is 19.1 Å². The molecule has 4 heterocycles. The van der Waals surface area contributed by atoms with Gasteiger partial charge in [-0.2, -0.15) is 0 Å². The third-order valence-corrected chi connectivity index (χ3v) is 5.36. The first kappa shape index (κ1) is 20.4. The van der Waals surface area contributed by atoms with Gasteiger partial charge in [-0.25, -0.2) is 14.8 Å². The second kappa shape index (κ2) is 8.08. The van der Waals surface area contributed by atoms with Gasteiger partial charge in [0.05, 0.1) is 18.3 Å². The van der Waals surface area contributed by atoms with E-state index in [1.54, 1.807) is 29.3 Å². The fourth-order valence-corrected chi connectivity index (χ4v) is 4.02. The topological polar surface area (TPSA) is 88.5 Å². The van der Waals surface area contributed by atoms with Crippen LogP contribution in [0.5, 0.6) is 5.75 Å². The Bertz CT molecular complexity index is 884. The van der Waals surface area contributed by atoms with Gasteiger partial charge in [-0.05, 0) is 39.1 Å². The van der Waals surface area contributed by atoms with Crippen molar-refractivity contribution in [1.82, 2.24) is 14.8 Å². The molecule has 1 N–H and O–H groups in total. The first-order chi connectivity index (χ1) is 14.4. The maximum atomic E-state index is 13.1. The lowest BCUT2D eigenvalue weighted by Crippen LogP contribution is -2.47. The maximum absolute atomic E-state index is 13.1. The van der Waals surface area contributed by atoms with Crippen molar-refractivity contribution in [3.63, 3.8) is 0 Å². The zero-order valence-electron chi connectivity index (χ0n) is 17.3. The molecule has 4 rings (SSSR count). The Balaban J connectivity index is 1.43. The number of ether oxygens (including phenoxy) is 3. The number of pyridine rings is 1. The molecule has 0 aliphatic carbocycles. The first-order valence-corrected chi connectivity index (χ1v) is 9.99. The van der Waals surface area contributed by atoms with E-state index in [1.807, 2.05) is 13.8 Å². The molecule has 0 spiro atoms. The van der Waals surface area contributed by atoms with Gasteiger partial charge in [-0.3, -0.25) is 10.2 Å². The maximum Gasteiger partial charge on any atom is 0.329 e. The van der Waals surface area contributed by atoms with Crippen LogP contribution in [0.4, 0.5) is 10.6 Å². The van der Waals surface area contributed by atoms with Crippen LogP contribution in [0.3, 0.4) is 0 Å². The van der Waals surface area contributed by atoms with Crippen LogP contribution >= 0.6 is 0 Å². The molecule has 1 aromatic heterocycles. The number of hydrogen-bond acceptors (Lipinski definition) is 7. The van der Waals surface area contributed by atoms with Crippen molar-refractivity contribution in [2.75, 3.05) is 31.6 Å². The molecule has 9 heteroatoms. The highest BCUT2D eigenvalue weighted by molar-refractivity contribution is 5.90. The highest BCUT2D eigenvalue weighted by Crippen LogP contribution is 2.33. The average molecular weight is 413 g/mol. The molecular formula is C21H27N5O4. The van der Waals surface area contributed by atoms with Gasteiger partial charge in [0.2, 0.25) is 0 Å². The summed E-state index contributed by atoms with van der Waals surface area (Å²) in [5.41, 5.74) is 0.820. The van der Waals surface area contributed by atoms with Gasteiger partial charge in [0, 0.05) is 25.4 Å². The molecular weight excluding hydrogens is 386 g/mol. The zero-order chi connectivity index (χ0) is 21.3. The molecule has 1 unspecified atom stereocenters. The molecule has 2 amide bonds. The van der Waals surface area contributed by atoms with Crippen LogP contribution in [0, 0.1) is 0 Å². The van der Waals surface area contributed by atoms with Crippen molar-refractivity contribution in [2.24, 2.45) is 4.99 Å². The van der Waals surface area contributed by atoms with E-state index in [0.29, 0.717) is 30.6 Å². The van der Waals surface area contributed by atoms with Gasteiger partial charge >= 0.3 is 6.03 Å². The fourth-order valence-electron chi connectivity index (χ4n) is 4.02. The summed E-state index contributed by atoms with van der Waals surface area (Å²) in [4.78, 5) is 25.2. The lowest BCUT2D eigenvalue weighted by molar-refractivity contribution is -0.141. The summed E-state index contributed by atoms with van der Waals surface area (Å²) in [7, 11) is 0. The highest BCUT2D eigenvalue weighted by Gasteiger charge is 2.40. The van der Waals surface area contributed by atoms with Gasteiger partial charge in [-0.15, -0.1) is 0 Å². The van der Waals surface area contributed by atoms with E-state index in [4.69, 9.17) is 14.2 Å². The summed E-state index contributed by atoms with van der Waals surface area (Å²) >= 11 is 0. The minimum Gasteiger partial charge on any atom is -0.491 e. The van der Waals surface area contributed by atoms with Crippen molar-refractivity contribution >= 4 is 18.6 Å². The third-order valence-electron chi connectivity index (χ3n) is 5.36. The van der Waals surface area contributed by atoms with E-state index in [9.17, 15) is 4.79 Å². The van der Waals surface area contributed by atoms with E-state index >= 15 is 0 Å². The lowest BCUT2D eigenvalue weighted by atomic mass is 10.2. The molecule has 9 nitrogen and oxygen atoms in total. The third kappa shape index (κ3) is 4.03. The quantitative estimate of drug-likeness (QED) is 0.721. The summed E-state index contributed by atoms with van der Waals surface area (Å²) in [5.74, 6) is 0.906. The second-order valence-electron chi connectivity index (χ2n) is 7.90. The van der Waals surface area contributed by atoms with Crippen molar-refractivity contribution in [2.45, 2.75) is 38.2 Å². The van der Waals surface area contributed by atoms with Crippen molar-refractivity contribution in [3.05, 3.63) is 42.5 Å². The molecule has 160 valence electrons. The summed E-state index contributed by atoms with van der Waals surface area (Å²) in [6, 6.07) is 3.15. The molecule has 2 fully saturated rings. The number of rotatable bonds is 6. The van der Waals surface area contributed by atoms with Crippen LogP contribution in [0.2, 0.25) is 0 Å². The Labute approximate surface area is 176 Å². The Morgan fingerprint density at radius 1 is 1.53 bits per heavy atom.